The van der Waals surface area contributed by atoms with Gasteiger partial charge in [0.05, 0.1) is 5.69 Å². The summed E-state index contributed by atoms with van der Waals surface area (Å²) in [5.41, 5.74) is 1.64. The summed E-state index contributed by atoms with van der Waals surface area (Å²) in [6.45, 7) is 0. The fraction of sp³-hybridized carbons (Fsp3) is 0.0667. The van der Waals surface area contributed by atoms with Crippen LogP contribution in [0.5, 0.6) is 0 Å². The third-order valence-corrected chi connectivity index (χ3v) is 4.76. The number of aromatic nitrogens is 2. The van der Waals surface area contributed by atoms with Crippen molar-refractivity contribution in [3.05, 3.63) is 72.5 Å². The van der Waals surface area contributed by atoms with E-state index in [-0.39, 0.29) is 5.56 Å². The van der Waals surface area contributed by atoms with Crippen molar-refractivity contribution in [2.75, 3.05) is 0 Å². The van der Waals surface area contributed by atoms with Gasteiger partial charge >= 0.3 is 0 Å². The van der Waals surface area contributed by atoms with Crippen molar-refractivity contribution in [2.45, 2.75) is 6.42 Å². The van der Waals surface area contributed by atoms with Crippen LogP contribution in [0, 0.1) is 3.57 Å². The summed E-state index contributed by atoms with van der Waals surface area (Å²) >= 11 is 3.72. The van der Waals surface area contributed by atoms with Gasteiger partial charge in [-0.2, -0.15) is 0 Å². The Morgan fingerprint density at radius 2 is 1.95 bits per heavy atom. The number of nitrogens with zero attached hydrogens (tertiary/aromatic N) is 1. The van der Waals surface area contributed by atoms with Gasteiger partial charge in [0.2, 0.25) is 0 Å². The smallest absolute Gasteiger partial charge is 0.264 e. The molecule has 1 aromatic carbocycles. The zero-order valence-corrected chi connectivity index (χ0v) is 13.4. The molecule has 0 spiro atoms. The second-order valence-electron chi connectivity index (χ2n) is 4.30. The number of benzene rings is 1. The lowest BCUT2D eigenvalue weighted by Crippen LogP contribution is -2.16. The molecule has 0 saturated heterocycles. The average Bonchev–Trinajstić information content (AvgIpc) is 2.96. The lowest BCUT2D eigenvalue weighted by atomic mass is 10.1. The number of rotatable bonds is 3. The molecule has 5 heteroatoms. The number of halogens is 1. The molecular weight excluding hydrogens is 383 g/mol. The highest BCUT2D eigenvalue weighted by Gasteiger charge is 2.11. The van der Waals surface area contributed by atoms with Gasteiger partial charge in [-0.1, -0.05) is 36.4 Å². The third-order valence-electron chi connectivity index (χ3n) is 2.88. The number of hydrogen-bond donors (Lipinski definition) is 1. The summed E-state index contributed by atoms with van der Waals surface area (Å²) < 4.78 is 0.628. The van der Waals surface area contributed by atoms with Gasteiger partial charge in [-0.3, -0.25) is 4.79 Å². The lowest BCUT2D eigenvalue weighted by molar-refractivity contribution is 0.951. The highest BCUT2D eigenvalue weighted by molar-refractivity contribution is 14.1. The largest absolute Gasteiger partial charge is 0.309 e. The summed E-state index contributed by atoms with van der Waals surface area (Å²) in [5.74, 6) is 0.705. The SMILES string of the molecule is O=c1[nH]c(Cc2cccs2)nc(-c2ccccc2)c1I. The Bertz CT molecular complexity index is 766. The van der Waals surface area contributed by atoms with Crippen LogP contribution < -0.4 is 5.56 Å². The normalized spacial score (nSPS) is 10.7. The van der Waals surface area contributed by atoms with E-state index < -0.39 is 0 Å². The first-order valence-corrected chi connectivity index (χ1v) is 8.06. The Hall–Kier alpha value is -1.47. The van der Waals surface area contributed by atoms with Crippen molar-refractivity contribution < 1.29 is 0 Å². The first-order valence-electron chi connectivity index (χ1n) is 6.10. The predicted octanol–water partition coefficient (Wildman–Crippen LogP) is 3.69. The van der Waals surface area contributed by atoms with Crippen molar-refractivity contribution in [1.29, 1.82) is 0 Å². The van der Waals surface area contributed by atoms with Crippen LogP contribution in [-0.2, 0) is 6.42 Å². The van der Waals surface area contributed by atoms with E-state index >= 15 is 0 Å². The van der Waals surface area contributed by atoms with Crippen LogP contribution in [0.2, 0.25) is 0 Å². The maximum Gasteiger partial charge on any atom is 0.264 e. The van der Waals surface area contributed by atoms with Crippen LogP contribution >= 0.6 is 33.9 Å². The maximum absolute atomic E-state index is 12.1. The predicted molar refractivity (Wildman–Crippen MR) is 90.1 cm³/mol. The molecule has 0 bridgehead atoms. The quantitative estimate of drug-likeness (QED) is 0.689. The van der Waals surface area contributed by atoms with E-state index in [0.29, 0.717) is 15.8 Å². The monoisotopic (exact) mass is 394 g/mol. The molecule has 0 aliphatic heterocycles. The zero-order valence-electron chi connectivity index (χ0n) is 10.5. The Balaban J connectivity index is 2.06. The van der Waals surface area contributed by atoms with E-state index in [1.54, 1.807) is 11.3 Å². The number of thiophene rings is 1. The van der Waals surface area contributed by atoms with Gasteiger partial charge in [0.1, 0.15) is 9.39 Å². The number of nitrogens with one attached hydrogen (secondary N) is 1. The van der Waals surface area contributed by atoms with Gasteiger partial charge in [-0.15, -0.1) is 11.3 Å². The number of aromatic amines is 1. The summed E-state index contributed by atoms with van der Waals surface area (Å²) in [5, 5.41) is 2.03. The molecule has 0 atom stereocenters. The summed E-state index contributed by atoms with van der Waals surface area (Å²) in [6, 6.07) is 13.8. The first-order chi connectivity index (χ1) is 9.74. The summed E-state index contributed by atoms with van der Waals surface area (Å²) in [7, 11) is 0. The van der Waals surface area contributed by atoms with Crippen LogP contribution in [0.25, 0.3) is 11.3 Å². The first kappa shape index (κ1) is 13.5. The molecule has 2 heterocycles. The standard InChI is InChI=1S/C15H11IN2OS/c16-13-14(10-5-2-1-3-6-10)17-12(18-15(13)19)9-11-7-4-8-20-11/h1-8H,9H2,(H,17,18,19). The van der Waals surface area contributed by atoms with Crippen molar-refractivity contribution in [2.24, 2.45) is 0 Å². The van der Waals surface area contributed by atoms with Crippen LogP contribution in [-0.4, -0.2) is 9.97 Å². The maximum atomic E-state index is 12.1. The second-order valence-corrected chi connectivity index (χ2v) is 6.41. The van der Waals surface area contributed by atoms with Crippen LogP contribution in [0.15, 0.2) is 52.6 Å². The van der Waals surface area contributed by atoms with Crippen LogP contribution in [0.3, 0.4) is 0 Å². The van der Waals surface area contributed by atoms with Crippen LogP contribution in [0.4, 0.5) is 0 Å². The molecule has 3 aromatic rings. The Morgan fingerprint density at radius 1 is 1.15 bits per heavy atom. The van der Waals surface area contributed by atoms with Gasteiger partial charge < -0.3 is 4.98 Å². The fourth-order valence-corrected chi connectivity index (χ4v) is 3.23. The molecule has 100 valence electrons. The van der Waals surface area contributed by atoms with Gasteiger partial charge in [-0.25, -0.2) is 4.98 Å². The minimum absolute atomic E-state index is 0.0778. The third kappa shape index (κ3) is 2.83. The fourth-order valence-electron chi connectivity index (χ4n) is 1.95. The lowest BCUT2D eigenvalue weighted by Gasteiger charge is -2.06. The van der Waals surface area contributed by atoms with E-state index in [1.807, 2.05) is 47.8 Å². The molecule has 3 nitrogen and oxygen atoms in total. The average molecular weight is 394 g/mol. The van der Waals surface area contributed by atoms with Gasteiger partial charge in [0, 0.05) is 16.9 Å². The molecule has 1 N–H and O–H groups in total. The van der Waals surface area contributed by atoms with Crippen molar-refractivity contribution in [3.63, 3.8) is 0 Å². The molecule has 0 saturated carbocycles. The molecule has 2 aromatic heterocycles. The molecule has 0 fully saturated rings. The minimum atomic E-state index is -0.0778. The molecule has 3 rings (SSSR count). The van der Waals surface area contributed by atoms with Crippen molar-refractivity contribution in [1.82, 2.24) is 9.97 Å². The second kappa shape index (κ2) is 5.88. The molecule has 0 aliphatic rings. The summed E-state index contributed by atoms with van der Waals surface area (Å²) in [4.78, 5) is 20.7. The Morgan fingerprint density at radius 3 is 2.65 bits per heavy atom. The molecule has 0 unspecified atom stereocenters. The minimum Gasteiger partial charge on any atom is -0.309 e. The molecule has 20 heavy (non-hydrogen) atoms. The zero-order chi connectivity index (χ0) is 13.9. The van der Waals surface area contributed by atoms with Gasteiger partial charge in [0.25, 0.3) is 5.56 Å². The highest BCUT2D eigenvalue weighted by Crippen LogP contribution is 2.21. The topological polar surface area (TPSA) is 45.8 Å². The van der Waals surface area contributed by atoms with Gasteiger partial charge in [0.15, 0.2) is 0 Å². The molecular formula is C15H11IN2OS. The van der Waals surface area contributed by atoms with E-state index in [0.717, 1.165) is 11.3 Å². The van der Waals surface area contributed by atoms with E-state index in [4.69, 9.17) is 0 Å². The summed E-state index contributed by atoms with van der Waals surface area (Å²) in [6.07, 6.45) is 0.656. The Kier molecular flexibility index (Phi) is 3.98. The number of hydrogen-bond acceptors (Lipinski definition) is 3. The highest BCUT2D eigenvalue weighted by atomic mass is 127. The van der Waals surface area contributed by atoms with E-state index in [1.165, 1.54) is 4.88 Å². The van der Waals surface area contributed by atoms with E-state index in [9.17, 15) is 4.79 Å². The van der Waals surface area contributed by atoms with Gasteiger partial charge in [-0.05, 0) is 34.0 Å². The van der Waals surface area contributed by atoms with E-state index in [2.05, 4.69) is 32.6 Å². The Labute approximate surface area is 133 Å². The van der Waals surface area contributed by atoms with Crippen LogP contribution in [0.1, 0.15) is 10.7 Å². The van der Waals surface area contributed by atoms with Crippen molar-refractivity contribution >= 4 is 33.9 Å². The van der Waals surface area contributed by atoms with Crippen molar-refractivity contribution in [3.8, 4) is 11.3 Å². The molecule has 0 radical (unpaired) electrons. The molecule has 0 amide bonds. The molecule has 0 aliphatic carbocycles. The number of H-pyrrole nitrogens is 1.